The molecule has 0 radical (unpaired) electrons. The molecule has 1 aliphatic rings. The summed E-state index contributed by atoms with van der Waals surface area (Å²) in [6, 6.07) is 0. The topological polar surface area (TPSA) is 71.1 Å². The lowest BCUT2D eigenvalue weighted by atomic mass is 10.4. The van der Waals surface area contributed by atoms with Gasteiger partial charge in [0.1, 0.15) is 13.2 Å². The van der Waals surface area contributed by atoms with Crippen molar-refractivity contribution < 1.29 is 28.5 Å². The first-order chi connectivity index (χ1) is 5.72. The molecular weight excluding hydrogens is 168 g/mol. The lowest BCUT2D eigenvalue weighted by Gasteiger charge is -2.05. The molecule has 0 aromatic heterocycles. The van der Waals surface area contributed by atoms with Crippen LogP contribution in [0.4, 0.5) is 9.59 Å². The molecule has 12 heavy (non-hydrogen) atoms. The Morgan fingerprint density at radius 2 is 2.50 bits per heavy atom. The molecule has 1 rings (SSSR count). The van der Waals surface area contributed by atoms with E-state index in [2.05, 4.69) is 18.9 Å². The molecule has 0 saturated carbocycles. The maximum atomic E-state index is 10.4. The highest BCUT2D eigenvalue weighted by Gasteiger charge is 2.26. The zero-order valence-corrected chi connectivity index (χ0v) is 6.44. The first-order valence-corrected chi connectivity index (χ1v) is 3.26. The molecular formula is C6H8O6. The van der Waals surface area contributed by atoms with Crippen LogP contribution in [0.3, 0.4) is 0 Å². The van der Waals surface area contributed by atoms with Gasteiger partial charge in [-0.05, 0) is 0 Å². The third-order valence-electron chi connectivity index (χ3n) is 1.20. The number of cyclic esters (lactones) is 2. The van der Waals surface area contributed by atoms with Gasteiger partial charge in [0.15, 0.2) is 6.10 Å². The smallest absolute Gasteiger partial charge is 0.438 e. The third-order valence-corrected chi connectivity index (χ3v) is 1.20. The molecule has 0 amide bonds. The number of hydrogen-bond donors (Lipinski definition) is 0. The van der Waals surface area contributed by atoms with Crippen molar-refractivity contribution in [2.24, 2.45) is 0 Å². The summed E-state index contributed by atoms with van der Waals surface area (Å²) in [4.78, 5) is 20.8. The van der Waals surface area contributed by atoms with Crippen LogP contribution in [0.5, 0.6) is 0 Å². The molecule has 0 spiro atoms. The average Bonchev–Trinajstić information content (AvgIpc) is 2.47. The van der Waals surface area contributed by atoms with Gasteiger partial charge in [-0.1, -0.05) is 0 Å². The number of carbonyl (C=O) groups excluding carboxylic acids is 2. The molecule has 6 nitrogen and oxygen atoms in total. The van der Waals surface area contributed by atoms with Crippen LogP contribution in [0.15, 0.2) is 0 Å². The molecule has 1 fully saturated rings. The Morgan fingerprint density at radius 3 is 3.00 bits per heavy atom. The van der Waals surface area contributed by atoms with Gasteiger partial charge in [-0.2, -0.15) is 0 Å². The second-order valence-electron chi connectivity index (χ2n) is 2.07. The van der Waals surface area contributed by atoms with Gasteiger partial charge >= 0.3 is 12.3 Å². The maximum Gasteiger partial charge on any atom is 0.508 e. The molecule has 0 N–H and O–H groups in total. The molecule has 1 unspecified atom stereocenters. The van der Waals surface area contributed by atoms with Crippen LogP contribution in [-0.4, -0.2) is 38.7 Å². The predicted molar refractivity (Wildman–Crippen MR) is 34.6 cm³/mol. The normalized spacial score (nSPS) is 21.1. The van der Waals surface area contributed by atoms with E-state index in [1.807, 2.05) is 0 Å². The molecule has 0 aliphatic carbocycles. The average molecular weight is 176 g/mol. The number of hydrogen-bond acceptors (Lipinski definition) is 6. The zero-order chi connectivity index (χ0) is 8.97. The minimum absolute atomic E-state index is 0.0432. The Morgan fingerprint density at radius 1 is 1.75 bits per heavy atom. The number of ether oxygens (including phenoxy) is 4. The van der Waals surface area contributed by atoms with Gasteiger partial charge < -0.3 is 18.9 Å². The van der Waals surface area contributed by atoms with Gasteiger partial charge in [0.25, 0.3) is 0 Å². The minimum Gasteiger partial charge on any atom is -0.438 e. The number of methoxy groups -OCH3 is 1. The van der Waals surface area contributed by atoms with Crippen LogP contribution >= 0.6 is 0 Å². The van der Waals surface area contributed by atoms with Crippen molar-refractivity contribution in [1.29, 1.82) is 0 Å². The summed E-state index contributed by atoms with van der Waals surface area (Å²) in [7, 11) is 1.19. The quantitative estimate of drug-likeness (QED) is 0.563. The second kappa shape index (κ2) is 3.80. The van der Waals surface area contributed by atoms with Crippen LogP contribution in [0.1, 0.15) is 0 Å². The van der Waals surface area contributed by atoms with Crippen molar-refractivity contribution in [3.05, 3.63) is 0 Å². The van der Waals surface area contributed by atoms with Crippen LogP contribution in [0.25, 0.3) is 0 Å². The minimum atomic E-state index is -0.807. The lowest BCUT2D eigenvalue weighted by Crippen LogP contribution is -2.20. The maximum absolute atomic E-state index is 10.4. The monoisotopic (exact) mass is 176 g/mol. The fourth-order valence-corrected chi connectivity index (χ4v) is 0.667. The van der Waals surface area contributed by atoms with Gasteiger partial charge in [0, 0.05) is 0 Å². The van der Waals surface area contributed by atoms with Crippen LogP contribution in [-0.2, 0) is 18.9 Å². The van der Waals surface area contributed by atoms with E-state index in [1.165, 1.54) is 7.11 Å². The summed E-state index contributed by atoms with van der Waals surface area (Å²) in [5.74, 6) is 0. The van der Waals surface area contributed by atoms with Gasteiger partial charge in [-0.3, -0.25) is 0 Å². The van der Waals surface area contributed by atoms with E-state index in [1.54, 1.807) is 0 Å². The Balaban J connectivity index is 2.16. The standard InChI is InChI=1S/C6H8O6/c1-9-5(7)10-2-4-3-11-6(8)12-4/h4H,2-3H2,1H3. The first-order valence-electron chi connectivity index (χ1n) is 3.26. The lowest BCUT2D eigenvalue weighted by molar-refractivity contribution is 0.0355. The first kappa shape index (κ1) is 8.63. The van der Waals surface area contributed by atoms with E-state index < -0.39 is 18.4 Å². The van der Waals surface area contributed by atoms with Gasteiger partial charge in [-0.25, -0.2) is 9.59 Å². The second-order valence-corrected chi connectivity index (χ2v) is 2.07. The van der Waals surface area contributed by atoms with E-state index in [0.717, 1.165) is 0 Å². The van der Waals surface area contributed by atoms with Crippen LogP contribution < -0.4 is 0 Å². The van der Waals surface area contributed by atoms with Gasteiger partial charge in [-0.15, -0.1) is 0 Å². The molecule has 68 valence electrons. The van der Waals surface area contributed by atoms with E-state index in [-0.39, 0.29) is 13.2 Å². The fourth-order valence-electron chi connectivity index (χ4n) is 0.667. The molecule has 1 saturated heterocycles. The van der Waals surface area contributed by atoms with Crippen molar-refractivity contribution in [1.82, 2.24) is 0 Å². The van der Waals surface area contributed by atoms with E-state index >= 15 is 0 Å². The Kier molecular flexibility index (Phi) is 2.73. The number of carbonyl (C=O) groups is 2. The molecule has 6 heteroatoms. The Labute approximate surface area is 68.3 Å². The summed E-state index contributed by atoms with van der Waals surface area (Å²) < 4.78 is 17.7. The van der Waals surface area contributed by atoms with Crippen molar-refractivity contribution >= 4 is 12.3 Å². The van der Waals surface area contributed by atoms with E-state index in [0.29, 0.717) is 0 Å². The molecule has 0 aromatic rings. The highest BCUT2D eigenvalue weighted by Crippen LogP contribution is 2.06. The van der Waals surface area contributed by atoms with Gasteiger partial charge in [0.05, 0.1) is 7.11 Å². The Bertz CT molecular complexity index is 188. The SMILES string of the molecule is COC(=O)OCC1COC(=O)O1. The largest absolute Gasteiger partial charge is 0.508 e. The summed E-state index contributed by atoms with van der Waals surface area (Å²) in [5, 5.41) is 0. The van der Waals surface area contributed by atoms with E-state index in [9.17, 15) is 9.59 Å². The van der Waals surface area contributed by atoms with Gasteiger partial charge in [0.2, 0.25) is 0 Å². The highest BCUT2D eigenvalue weighted by molar-refractivity contribution is 5.62. The van der Waals surface area contributed by atoms with Crippen molar-refractivity contribution in [3.8, 4) is 0 Å². The zero-order valence-electron chi connectivity index (χ0n) is 6.44. The van der Waals surface area contributed by atoms with Crippen LogP contribution in [0.2, 0.25) is 0 Å². The Hall–Kier alpha value is -1.46. The summed E-state index contributed by atoms with van der Waals surface area (Å²) in [5.41, 5.74) is 0. The molecule has 0 aromatic carbocycles. The van der Waals surface area contributed by atoms with Crippen molar-refractivity contribution in [2.45, 2.75) is 6.10 Å². The molecule has 1 atom stereocenters. The third kappa shape index (κ3) is 2.30. The van der Waals surface area contributed by atoms with Crippen LogP contribution in [0, 0.1) is 0 Å². The summed E-state index contributed by atoms with van der Waals surface area (Å²) in [6.45, 7) is 0.0637. The summed E-state index contributed by atoms with van der Waals surface area (Å²) >= 11 is 0. The predicted octanol–water partition coefficient (Wildman–Crippen LogP) is 0.305. The fraction of sp³-hybridized carbons (Fsp3) is 0.667. The highest BCUT2D eigenvalue weighted by atomic mass is 16.8. The molecule has 0 bridgehead atoms. The molecule has 1 heterocycles. The summed E-state index contributed by atoms with van der Waals surface area (Å²) in [6.07, 6.45) is -2.07. The van der Waals surface area contributed by atoms with E-state index in [4.69, 9.17) is 0 Å². The molecule has 1 aliphatic heterocycles. The van der Waals surface area contributed by atoms with Crippen molar-refractivity contribution in [3.63, 3.8) is 0 Å². The van der Waals surface area contributed by atoms with Crippen molar-refractivity contribution in [2.75, 3.05) is 20.3 Å². The number of rotatable bonds is 2.